The molecule has 96 valence electrons. The molecule has 0 spiro atoms. The second-order valence-electron chi connectivity index (χ2n) is 3.12. The van der Waals surface area contributed by atoms with Crippen molar-refractivity contribution < 1.29 is 23.0 Å². The van der Waals surface area contributed by atoms with Gasteiger partial charge in [0.15, 0.2) is 11.6 Å². The van der Waals surface area contributed by atoms with Crippen LogP contribution in [0.25, 0.3) is 0 Å². The van der Waals surface area contributed by atoms with Gasteiger partial charge in [0.2, 0.25) is 0 Å². The van der Waals surface area contributed by atoms with Crippen LogP contribution in [0.1, 0.15) is 6.42 Å². The monoisotopic (exact) mass is 267 g/mol. The number of nitrogens with two attached hydrogens (primary N) is 1. The smallest absolute Gasteiger partial charge is 0.387 e. The molecule has 0 radical (unpaired) electrons. The lowest BCUT2D eigenvalue weighted by Gasteiger charge is -2.10. The van der Waals surface area contributed by atoms with Gasteiger partial charge in [-0.1, -0.05) is 0 Å². The van der Waals surface area contributed by atoms with Crippen LogP contribution in [-0.4, -0.2) is 24.1 Å². The van der Waals surface area contributed by atoms with Gasteiger partial charge >= 0.3 is 6.61 Å². The molecule has 0 fully saturated rings. The number of thioether (sulfide) groups is 1. The number of aliphatic hydroxyl groups is 1. The molecule has 0 atom stereocenters. The van der Waals surface area contributed by atoms with Gasteiger partial charge in [0.25, 0.3) is 0 Å². The normalized spacial score (nSPS) is 10.9. The van der Waals surface area contributed by atoms with Crippen LogP contribution in [0.2, 0.25) is 0 Å². The quantitative estimate of drug-likeness (QED) is 0.472. The molecule has 0 saturated carbocycles. The molecule has 0 heterocycles. The molecule has 0 bridgehead atoms. The van der Waals surface area contributed by atoms with Crippen LogP contribution < -0.4 is 10.5 Å². The minimum absolute atomic E-state index is 0.0223. The molecule has 0 aliphatic rings. The first kappa shape index (κ1) is 14.0. The van der Waals surface area contributed by atoms with E-state index in [2.05, 4.69) is 4.74 Å². The zero-order valence-electron chi connectivity index (χ0n) is 8.83. The molecule has 3 N–H and O–H groups in total. The number of hydrogen-bond acceptors (Lipinski definition) is 4. The Morgan fingerprint density at radius 1 is 1.41 bits per heavy atom. The highest BCUT2D eigenvalue weighted by molar-refractivity contribution is 7.99. The average Bonchev–Trinajstić information content (AvgIpc) is 2.24. The molecule has 17 heavy (non-hydrogen) atoms. The topological polar surface area (TPSA) is 55.5 Å². The van der Waals surface area contributed by atoms with Gasteiger partial charge in [-0.25, -0.2) is 4.39 Å². The summed E-state index contributed by atoms with van der Waals surface area (Å²) in [6.45, 7) is -3.06. The number of benzene rings is 1. The number of halogens is 3. The maximum absolute atomic E-state index is 13.2. The molecule has 0 amide bonds. The van der Waals surface area contributed by atoms with Crippen LogP contribution >= 0.6 is 11.8 Å². The molecule has 7 heteroatoms. The van der Waals surface area contributed by atoms with E-state index in [1.54, 1.807) is 0 Å². The van der Waals surface area contributed by atoms with Crippen molar-refractivity contribution in [1.29, 1.82) is 0 Å². The first-order chi connectivity index (χ1) is 8.04. The lowest BCUT2D eigenvalue weighted by molar-refractivity contribution is -0.0523. The highest BCUT2D eigenvalue weighted by atomic mass is 32.2. The second kappa shape index (κ2) is 6.61. The molecule has 1 rings (SSSR count). The Bertz CT molecular complexity index is 377. The Hall–Kier alpha value is -1.08. The van der Waals surface area contributed by atoms with E-state index < -0.39 is 18.2 Å². The summed E-state index contributed by atoms with van der Waals surface area (Å²) in [6.07, 6.45) is 0.534. The lowest BCUT2D eigenvalue weighted by Crippen LogP contribution is -2.04. The number of anilines is 1. The number of rotatable bonds is 6. The Kier molecular flexibility index (Phi) is 5.43. The van der Waals surface area contributed by atoms with Crippen LogP contribution in [0.5, 0.6) is 5.75 Å². The third kappa shape index (κ3) is 4.35. The van der Waals surface area contributed by atoms with E-state index in [9.17, 15) is 13.2 Å². The summed E-state index contributed by atoms with van der Waals surface area (Å²) in [5, 5.41) is 8.60. The Morgan fingerprint density at radius 2 is 2.12 bits per heavy atom. The Labute approximate surface area is 101 Å². The molecule has 3 nitrogen and oxygen atoms in total. The molecule has 1 aromatic rings. The van der Waals surface area contributed by atoms with E-state index >= 15 is 0 Å². The summed E-state index contributed by atoms with van der Waals surface area (Å²) < 4.78 is 41.2. The van der Waals surface area contributed by atoms with Gasteiger partial charge in [0.05, 0.1) is 0 Å². The third-order valence-corrected chi connectivity index (χ3v) is 3.00. The first-order valence-corrected chi connectivity index (χ1v) is 5.80. The highest BCUT2D eigenvalue weighted by Crippen LogP contribution is 2.32. The molecular weight excluding hydrogens is 255 g/mol. The summed E-state index contributed by atoms with van der Waals surface area (Å²) in [7, 11) is 0. The van der Waals surface area contributed by atoms with E-state index in [1.807, 2.05) is 0 Å². The van der Waals surface area contributed by atoms with Crippen molar-refractivity contribution in [2.75, 3.05) is 18.1 Å². The van der Waals surface area contributed by atoms with E-state index in [0.717, 1.165) is 12.1 Å². The summed E-state index contributed by atoms with van der Waals surface area (Å²) in [4.78, 5) is 0.454. The second-order valence-corrected chi connectivity index (χ2v) is 4.26. The fourth-order valence-electron chi connectivity index (χ4n) is 1.11. The highest BCUT2D eigenvalue weighted by Gasteiger charge is 2.13. The van der Waals surface area contributed by atoms with Crippen molar-refractivity contribution in [1.82, 2.24) is 0 Å². The van der Waals surface area contributed by atoms with Gasteiger partial charge in [0, 0.05) is 29.0 Å². The fourth-order valence-corrected chi connectivity index (χ4v) is 2.02. The molecule has 0 aromatic heterocycles. The van der Waals surface area contributed by atoms with Crippen molar-refractivity contribution in [2.24, 2.45) is 0 Å². The van der Waals surface area contributed by atoms with Gasteiger partial charge < -0.3 is 15.6 Å². The molecule has 0 aliphatic carbocycles. The largest absolute Gasteiger partial charge is 0.432 e. The summed E-state index contributed by atoms with van der Waals surface area (Å²) in [5.41, 5.74) is 5.70. The average molecular weight is 267 g/mol. The van der Waals surface area contributed by atoms with Gasteiger partial charge in [-0.15, -0.1) is 11.8 Å². The van der Waals surface area contributed by atoms with Crippen LogP contribution in [0, 0.1) is 5.82 Å². The van der Waals surface area contributed by atoms with Crippen LogP contribution in [0.15, 0.2) is 17.0 Å². The fraction of sp³-hybridized carbons (Fsp3) is 0.400. The van der Waals surface area contributed by atoms with Crippen LogP contribution in [0.3, 0.4) is 0 Å². The number of alkyl halides is 2. The van der Waals surface area contributed by atoms with Crippen molar-refractivity contribution in [2.45, 2.75) is 17.9 Å². The van der Waals surface area contributed by atoms with Gasteiger partial charge in [-0.2, -0.15) is 8.78 Å². The third-order valence-electron chi connectivity index (χ3n) is 1.84. The number of aliphatic hydroxyl groups excluding tert-OH is 1. The number of ether oxygens (including phenoxy) is 1. The maximum Gasteiger partial charge on any atom is 0.387 e. The lowest BCUT2D eigenvalue weighted by atomic mass is 10.3. The first-order valence-electron chi connectivity index (χ1n) is 4.82. The zero-order valence-corrected chi connectivity index (χ0v) is 9.64. The van der Waals surface area contributed by atoms with Crippen molar-refractivity contribution in [3.8, 4) is 5.75 Å². The van der Waals surface area contributed by atoms with Crippen molar-refractivity contribution in [3.05, 3.63) is 17.9 Å². The predicted molar refractivity (Wildman–Crippen MR) is 59.9 cm³/mol. The number of nitrogen functional groups attached to an aromatic ring is 1. The Morgan fingerprint density at radius 3 is 2.71 bits per heavy atom. The molecular formula is C10H12F3NO2S. The molecule has 0 aliphatic heterocycles. The van der Waals surface area contributed by atoms with Crippen molar-refractivity contribution >= 4 is 17.4 Å². The van der Waals surface area contributed by atoms with Crippen molar-refractivity contribution in [3.63, 3.8) is 0 Å². The van der Waals surface area contributed by atoms with E-state index in [1.165, 1.54) is 11.8 Å². The van der Waals surface area contributed by atoms with Gasteiger partial charge in [0.1, 0.15) is 0 Å². The SMILES string of the molecule is Nc1cc(F)c(OC(F)F)cc1SCCCO. The molecule has 0 saturated heterocycles. The summed E-state index contributed by atoms with van der Waals surface area (Å²) in [6, 6.07) is 2.08. The van der Waals surface area contributed by atoms with E-state index in [4.69, 9.17) is 10.8 Å². The number of hydrogen-bond donors (Lipinski definition) is 2. The minimum Gasteiger partial charge on any atom is -0.432 e. The van der Waals surface area contributed by atoms with Crippen LogP contribution in [-0.2, 0) is 0 Å². The predicted octanol–water partition coefficient (Wildman–Crippen LogP) is 2.48. The maximum atomic E-state index is 13.2. The standard InChI is InChI=1S/C10H12F3NO2S/c11-6-4-7(14)9(17-3-1-2-15)5-8(6)16-10(12)13/h4-5,10,15H,1-3,14H2. The van der Waals surface area contributed by atoms with Gasteiger partial charge in [-0.3, -0.25) is 0 Å². The van der Waals surface area contributed by atoms with Crippen LogP contribution in [0.4, 0.5) is 18.9 Å². The Balaban J connectivity index is 2.82. The van der Waals surface area contributed by atoms with E-state index in [0.29, 0.717) is 17.1 Å². The molecule has 0 unspecified atom stereocenters. The zero-order chi connectivity index (χ0) is 12.8. The van der Waals surface area contributed by atoms with Gasteiger partial charge in [-0.05, 0) is 12.5 Å². The summed E-state index contributed by atoms with van der Waals surface area (Å²) >= 11 is 1.25. The summed E-state index contributed by atoms with van der Waals surface area (Å²) in [5.74, 6) is -0.893. The molecule has 1 aromatic carbocycles. The minimum atomic E-state index is -3.08. The van der Waals surface area contributed by atoms with E-state index in [-0.39, 0.29) is 12.3 Å².